The first kappa shape index (κ1) is 12.3. The van der Waals surface area contributed by atoms with Crippen LogP contribution in [0.2, 0.25) is 0 Å². The molecule has 1 aromatic rings. The van der Waals surface area contributed by atoms with Gasteiger partial charge in [-0.25, -0.2) is 0 Å². The molecule has 0 aromatic carbocycles. The second-order valence-electron chi connectivity index (χ2n) is 4.60. The fourth-order valence-electron chi connectivity index (χ4n) is 2.30. The largest absolute Gasteiger partial charge is 0.269 e. The second-order valence-corrected chi connectivity index (χ2v) is 5.22. The molecule has 16 heavy (non-hydrogen) atoms. The molecule has 1 fully saturated rings. The SMILES string of the molecule is ClCC(CCl)Cc1ccn(C2CCCC2)n1. The Hall–Kier alpha value is -0.210. The third-order valence-electron chi connectivity index (χ3n) is 3.30. The fraction of sp³-hybridized carbons (Fsp3) is 0.750. The van der Waals surface area contributed by atoms with E-state index in [0.717, 1.165) is 12.1 Å². The Bertz CT molecular complexity index is 315. The van der Waals surface area contributed by atoms with E-state index in [1.807, 2.05) is 0 Å². The average Bonchev–Trinajstić information content (AvgIpc) is 2.96. The predicted octanol–water partition coefficient (Wildman–Crippen LogP) is 3.63. The van der Waals surface area contributed by atoms with Crippen molar-refractivity contribution in [2.75, 3.05) is 11.8 Å². The van der Waals surface area contributed by atoms with Gasteiger partial charge in [0.05, 0.1) is 11.7 Å². The zero-order valence-electron chi connectivity index (χ0n) is 9.41. The quantitative estimate of drug-likeness (QED) is 0.740. The van der Waals surface area contributed by atoms with Crippen molar-refractivity contribution in [1.29, 1.82) is 0 Å². The molecule has 0 bridgehead atoms. The van der Waals surface area contributed by atoms with Crippen LogP contribution in [0.15, 0.2) is 12.3 Å². The van der Waals surface area contributed by atoms with Gasteiger partial charge < -0.3 is 0 Å². The van der Waals surface area contributed by atoms with Gasteiger partial charge in [0.2, 0.25) is 0 Å². The first-order valence-corrected chi connectivity index (χ1v) is 7.06. The molecule has 2 rings (SSSR count). The van der Waals surface area contributed by atoms with E-state index in [1.165, 1.54) is 25.7 Å². The Morgan fingerprint density at radius 2 is 2.00 bits per heavy atom. The van der Waals surface area contributed by atoms with Crippen molar-refractivity contribution in [2.24, 2.45) is 5.92 Å². The summed E-state index contributed by atoms with van der Waals surface area (Å²) in [6.45, 7) is 0. The maximum absolute atomic E-state index is 5.83. The number of alkyl halides is 2. The van der Waals surface area contributed by atoms with Crippen molar-refractivity contribution in [2.45, 2.75) is 38.1 Å². The van der Waals surface area contributed by atoms with Crippen molar-refractivity contribution in [1.82, 2.24) is 9.78 Å². The van der Waals surface area contributed by atoms with Crippen LogP contribution in [-0.4, -0.2) is 21.5 Å². The van der Waals surface area contributed by atoms with Crippen molar-refractivity contribution in [3.63, 3.8) is 0 Å². The van der Waals surface area contributed by atoms with Crippen LogP contribution in [0.25, 0.3) is 0 Å². The van der Waals surface area contributed by atoms with Crippen molar-refractivity contribution < 1.29 is 0 Å². The molecule has 1 aliphatic rings. The maximum Gasteiger partial charge on any atom is 0.0628 e. The highest BCUT2D eigenvalue weighted by Crippen LogP contribution is 2.28. The summed E-state index contributed by atoms with van der Waals surface area (Å²) >= 11 is 11.7. The first-order valence-electron chi connectivity index (χ1n) is 5.99. The Morgan fingerprint density at radius 1 is 1.31 bits per heavy atom. The molecule has 0 aliphatic heterocycles. The zero-order chi connectivity index (χ0) is 11.4. The third kappa shape index (κ3) is 2.92. The number of hydrogen-bond donors (Lipinski definition) is 0. The number of halogens is 2. The molecule has 0 N–H and O–H groups in total. The molecule has 1 saturated carbocycles. The minimum Gasteiger partial charge on any atom is -0.269 e. The summed E-state index contributed by atoms with van der Waals surface area (Å²) in [5.41, 5.74) is 1.12. The van der Waals surface area contributed by atoms with E-state index < -0.39 is 0 Å². The van der Waals surface area contributed by atoms with E-state index in [2.05, 4.69) is 22.0 Å². The average molecular weight is 261 g/mol. The monoisotopic (exact) mass is 260 g/mol. The van der Waals surface area contributed by atoms with E-state index in [4.69, 9.17) is 23.2 Å². The number of nitrogens with zero attached hydrogens (tertiary/aromatic N) is 2. The molecule has 0 radical (unpaired) electrons. The van der Waals surface area contributed by atoms with Gasteiger partial charge in [-0.1, -0.05) is 12.8 Å². The topological polar surface area (TPSA) is 17.8 Å². The lowest BCUT2D eigenvalue weighted by molar-refractivity contribution is 0.460. The summed E-state index contributed by atoms with van der Waals surface area (Å²) in [5.74, 6) is 1.56. The van der Waals surface area contributed by atoms with Crippen molar-refractivity contribution in [3.05, 3.63) is 18.0 Å². The number of rotatable bonds is 5. The van der Waals surface area contributed by atoms with Crippen LogP contribution < -0.4 is 0 Å². The number of aromatic nitrogens is 2. The van der Waals surface area contributed by atoms with Crippen LogP contribution in [0.1, 0.15) is 37.4 Å². The standard InChI is InChI=1S/C12H18Cl2N2/c13-8-10(9-14)7-11-5-6-16(15-11)12-3-1-2-4-12/h5-6,10,12H,1-4,7-9H2. The molecule has 2 nitrogen and oxygen atoms in total. The normalized spacial score (nSPS) is 17.4. The highest BCUT2D eigenvalue weighted by atomic mass is 35.5. The molecule has 0 saturated heterocycles. The molecule has 0 spiro atoms. The van der Waals surface area contributed by atoms with Gasteiger partial charge in [-0.3, -0.25) is 4.68 Å². The van der Waals surface area contributed by atoms with Crippen LogP contribution in [0.5, 0.6) is 0 Å². The highest BCUT2D eigenvalue weighted by Gasteiger charge is 2.18. The van der Waals surface area contributed by atoms with E-state index >= 15 is 0 Å². The van der Waals surface area contributed by atoms with E-state index in [-0.39, 0.29) is 0 Å². The fourth-order valence-corrected chi connectivity index (χ4v) is 2.85. The van der Waals surface area contributed by atoms with Gasteiger partial charge >= 0.3 is 0 Å². The van der Waals surface area contributed by atoms with Gasteiger partial charge in [0.25, 0.3) is 0 Å². The molecule has 90 valence electrons. The summed E-state index contributed by atoms with van der Waals surface area (Å²) in [6.07, 6.45) is 8.22. The molecule has 1 aliphatic carbocycles. The highest BCUT2D eigenvalue weighted by molar-refractivity contribution is 6.20. The van der Waals surface area contributed by atoms with E-state index in [1.54, 1.807) is 0 Å². The lowest BCUT2D eigenvalue weighted by Gasteiger charge is -2.10. The van der Waals surface area contributed by atoms with Gasteiger partial charge in [-0.05, 0) is 31.2 Å². The van der Waals surface area contributed by atoms with Gasteiger partial charge in [0, 0.05) is 18.0 Å². The molecule has 0 amide bonds. The van der Waals surface area contributed by atoms with E-state index in [9.17, 15) is 0 Å². The maximum atomic E-state index is 5.83. The van der Waals surface area contributed by atoms with Crippen LogP contribution in [0.3, 0.4) is 0 Å². The van der Waals surface area contributed by atoms with Gasteiger partial charge in [0.1, 0.15) is 0 Å². The van der Waals surface area contributed by atoms with Crippen molar-refractivity contribution in [3.8, 4) is 0 Å². The summed E-state index contributed by atoms with van der Waals surface area (Å²) < 4.78 is 2.13. The smallest absolute Gasteiger partial charge is 0.0628 e. The first-order chi connectivity index (χ1) is 7.83. The summed E-state index contributed by atoms with van der Waals surface area (Å²) in [7, 11) is 0. The molecular formula is C12H18Cl2N2. The zero-order valence-corrected chi connectivity index (χ0v) is 10.9. The Balaban J connectivity index is 1.96. The molecule has 0 unspecified atom stereocenters. The van der Waals surface area contributed by atoms with Crippen LogP contribution in [-0.2, 0) is 6.42 Å². The summed E-state index contributed by atoms with van der Waals surface area (Å²) in [4.78, 5) is 0. The molecular weight excluding hydrogens is 243 g/mol. The molecule has 1 aromatic heterocycles. The molecule has 4 heteroatoms. The van der Waals surface area contributed by atoms with Crippen LogP contribution in [0.4, 0.5) is 0 Å². The lowest BCUT2D eigenvalue weighted by Crippen LogP contribution is -2.10. The summed E-state index contributed by atoms with van der Waals surface area (Å²) in [5, 5.41) is 4.63. The second kappa shape index (κ2) is 5.92. The lowest BCUT2D eigenvalue weighted by atomic mass is 10.1. The Labute approximate surface area is 107 Å². The van der Waals surface area contributed by atoms with Gasteiger partial charge in [0.15, 0.2) is 0 Å². The van der Waals surface area contributed by atoms with Crippen molar-refractivity contribution >= 4 is 23.2 Å². The minimum absolute atomic E-state index is 0.343. The predicted molar refractivity (Wildman–Crippen MR) is 68.4 cm³/mol. The third-order valence-corrected chi connectivity index (χ3v) is 4.17. The van der Waals surface area contributed by atoms with Crippen LogP contribution >= 0.6 is 23.2 Å². The molecule has 1 heterocycles. The van der Waals surface area contributed by atoms with E-state index in [0.29, 0.717) is 23.7 Å². The Morgan fingerprint density at radius 3 is 2.62 bits per heavy atom. The minimum atomic E-state index is 0.343. The van der Waals surface area contributed by atoms with Crippen LogP contribution in [0, 0.1) is 5.92 Å². The molecule has 0 atom stereocenters. The van der Waals surface area contributed by atoms with Gasteiger partial charge in [-0.2, -0.15) is 5.10 Å². The number of hydrogen-bond acceptors (Lipinski definition) is 1. The van der Waals surface area contributed by atoms with Gasteiger partial charge in [-0.15, -0.1) is 23.2 Å². The Kier molecular flexibility index (Phi) is 4.54. The summed E-state index contributed by atoms with van der Waals surface area (Å²) in [6, 6.07) is 2.73.